The summed E-state index contributed by atoms with van der Waals surface area (Å²) in [6.07, 6.45) is 7.67. The van der Waals surface area contributed by atoms with Crippen LogP contribution in [0.5, 0.6) is 0 Å². The molecule has 2 atom stereocenters. The number of aromatic nitrogens is 1. The molecule has 2 aliphatic rings. The van der Waals surface area contributed by atoms with Gasteiger partial charge in [-0.25, -0.2) is 4.98 Å². The monoisotopic (exact) mass is 330 g/mol. The van der Waals surface area contributed by atoms with Crippen molar-refractivity contribution in [1.29, 1.82) is 0 Å². The zero-order valence-corrected chi connectivity index (χ0v) is 14.8. The fourth-order valence-corrected chi connectivity index (χ4v) is 3.97. The van der Waals surface area contributed by atoms with Crippen molar-refractivity contribution in [2.24, 2.45) is 5.92 Å². The number of carbonyl (C=O) groups excluding carboxylic acids is 1. The highest BCUT2D eigenvalue weighted by atomic mass is 16.2. The van der Waals surface area contributed by atoms with E-state index in [9.17, 15) is 4.79 Å². The van der Waals surface area contributed by atoms with Gasteiger partial charge >= 0.3 is 0 Å². The van der Waals surface area contributed by atoms with Crippen LogP contribution in [0.2, 0.25) is 0 Å². The van der Waals surface area contributed by atoms with Crippen molar-refractivity contribution in [2.45, 2.75) is 45.1 Å². The lowest BCUT2D eigenvalue weighted by Gasteiger charge is -2.36. The topological polar surface area (TPSA) is 48.5 Å². The Balaban J connectivity index is 1.43. The number of anilines is 1. The maximum Gasteiger partial charge on any atom is 0.236 e. The van der Waals surface area contributed by atoms with Gasteiger partial charge in [-0.1, -0.05) is 13.0 Å². The van der Waals surface area contributed by atoms with E-state index in [-0.39, 0.29) is 0 Å². The number of hydrogen-bond acceptors (Lipinski definition) is 4. The summed E-state index contributed by atoms with van der Waals surface area (Å²) >= 11 is 0. The van der Waals surface area contributed by atoms with Crippen molar-refractivity contribution >= 4 is 11.7 Å². The second-order valence-corrected chi connectivity index (χ2v) is 7.13. The lowest BCUT2D eigenvalue weighted by atomic mass is 10.00. The van der Waals surface area contributed by atoms with Crippen LogP contribution >= 0.6 is 0 Å². The lowest BCUT2D eigenvalue weighted by molar-refractivity contribution is -0.136. The number of rotatable bonds is 6. The molecule has 132 valence electrons. The summed E-state index contributed by atoms with van der Waals surface area (Å²) in [6.45, 7) is 6.72. The third-order valence-corrected chi connectivity index (χ3v) is 5.38. The molecule has 1 aromatic heterocycles. The van der Waals surface area contributed by atoms with Crippen molar-refractivity contribution in [3.8, 4) is 0 Å². The van der Waals surface area contributed by atoms with Crippen molar-refractivity contribution in [2.75, 3.05) is 38.0 Å². The normalized spacial score (nSPS) is 25.0. The van der Waals surface area contributed by atoms with E-state index in [1.165, 1.54) is 19.3 Å². The van der Waals surface area contributed by atoms with Crippen molar-refractivity contribution < 1.29 is 4.79 Å². The highest BCUT2D eigenvalue weighted by Gasteiger charge is 2.29. The quantitative estimate of drug-likeness (QED) is 0.871. The van der Waals surface area contributed by atoms with E-state index in [1.807, 2.05) is 24.4 Å². The van der Waals surface area contributed by atoms with Crippen LogP contribution in [-0.2, 0) is 4.79 Å². The summed E-state index contributed by atoms with van der Waals surface area (Å²) in [5, 5.41) is 3.41. The molecule has 2 fully saturated rings. The Labute approximate surface area is 145 Å². The van der Waals surface area contributed by atoms with Crippen LogP contribution in [0, 0.1) is 5.92 Å². The number of likely N-dealkylation sites (tertiary alicyclic amines) is 2. The minimum atomic E-state index is 0.333. The van der Waals surface area contributed by atoms with E-state index in [2.05, 4.69) is 27.0 Å². The highest BCUT2D eigenvalue weighted by molar-refractivity contribution is 5.78. The van der Waals surface area contributed by atoms with Gasteiger partial charge in [0.15, 0.2) is 0 Å². The SMILES string of the molecule is CC[C@@H]1CCCCN1C(=O)CN1CC[C@H](CNc2ccccn2)C1. The Morgan fingerprint density at radius 3 is 3.00 bits per heavy atom. The third kappa shape index (κ3) is 4.47. The molecule has 1 aromatic rings. The molecule has 1 amide bonds. The molecule has 3 rings (SSSR count). The average Bonchev–Trinajstić information content (AvgIpc) is 3.08. The number of amides is 1. The molecule has 0 saturated carbocycles. The first-order chi connectivity index (χ1) is 11.8. The average molecular weight is 330 g/mol. The van der Waals surface area contributed by atoms with Gasteiger partial charge in [-0.2, -0.15) is 0 Å². The van der Waals surface area contributed by atoms with E-state index < -0.39 is 0 Å². The van der Waals surface area contributed by atoms with Gasteiger partial charge in [0.2, 0.25) is 5.91 Å². The number of carbonyl (C=O) groups is 1. The third-order valence-electron chi connectivity index (χ3n) is 5.38. The van der Waals surface area contributed by atoms with Crippen LogP contribution < -0.4 is 5.32 Å². The van der Waals surface area contributed by atoms with Crippen molar-refractivity contribution in [1.82, 2.24) is 14.8 Å². The van der Waals surface area contributed by atoms with Crippen molar-refractivity contribution in [3.05, 3.63) is 24.4 Å². The molecule has 5 heteroatoms. The molecular formula is C19H30N4O. The first kappa shape index (κ1) is 17.2. The molecule has 5 nitrogen and oxygen atoms in total. The summed E-state index contributed by atoms with van der Waals surface area (Å²) in [7, 11) is 0. The Hall–Kier alpha value is -1.62. The molecule has 0 aliphatic carbocycles. The number of hydrogen-bond donors (Lipinski definition) is 1. The smallest absolute Gasteiger partial charge is 0.236 e. The molecule has 2 aliphatic heterocycles. The first-order valence-corrected chi connectivity index (χ1v) is 9.43. The fraction of sp³-hybridized carbons (Fsp3) is 0.684. The Morgan fingerprint density at radius 1 is 1.29 bits per heavy atom. The van der Waals surface area contributed by atoms with Crippen LogP contribution in [0.25, 0.3) is 0 Å². The van der Waals surface area contributed by atoms with E-state index >= 15 is 0 Å². The van der Waals surface area contributed by atoms with Gasteiger partial charge in [-0.05, 0) is 56.7 Å². The number of nitrogens with one attached hydrogen (secondary N) is 1. The minimum absolute atomic E-state index is 0.333. The molecular weight excluding hydrogens is 300 g/mol. The van der Waals surface area contributed by atoms with Crippen LogP contribution in [-0.4, -0.2) is 59.5 Å². The van der Waals surface area contributed by atoms with Gasteiger partial charge in [-0.3, -0.25) is 9.69 Å². The predicted octanol–water partition coefficient (Wildman–Crippen LogP) is 2.61. The Bertz CT molecular complexity index is 521. The molecule has 3 heterocycles. The Morgan fingerprint density at radius 2 is 2.21 bits per heavy atom. The van der Waals surface area contributed by atoms with Crippen molar-refractivity contribution in [3.63, 3.8) is 0 Å². The van der Waals surface area contributed by atoms with Crippen LogP contribution in [0.1, 0.15) is 39.0 Å². The fourth-order valence-electron chi connectivity index (χ4n) is 3.97. The second-order valence-electron chi connectivity index (χ2n) is 7.13. The molecule has 0 aromatic carbocycles. The number of nitrogens with zero attached hydrogens (tertiary/aromatic N) is 3. The van der Waals surface area contributed by atoms with E-state index in [0.29, 0.717) is 24.4 Å². The zero-order valence-electron chi connectivity index (χ0n) is 14.8. The summed E-state index contributed by atoms with van der Waals surface area (Å²) in [5.74, 6) is 1.87. The number of pyridine rings is 1. The maximum atomic E-state index is 12.7. The second kappa shape index (κ2) is 8.47. The maximum absolute atomic E-state index is 12.7. The predicted molar refractivity (Wildman–Crippen MR) is 96.9 cm³/mol. The molecule has 0 unspecified atom stereocenters. The van der Waals surface area contributed by atoms with Crippen LogP contribution in [0.3, 0.4) is 0 Å². The lowest BCUT2D eigenvalue weighted by Crippen LogP contribution is -2.47. The van der Waals surface area contributed by atoms with Gasteiger partial charge in [0, 0.05) is 31.9 Å². The molecule has 24 heavy (non-hydrogen) atoms. The largest absolute Gasteiger partial charge is 0.370 e. The minimum Gasteiger partial charge on any atom is -0.370 e. The Kier molecular flexibility index (Phi) is 6.07. The van der Waals surface area contributed by atoms with E-state index in [0.717, 1.165) is 44.8 Å². The molecule has 0 spiro atoms. The summed E-state index contributed by atoms with van der Waals surface area (Å²) in [4.78, 5) is 21.4. The van der Waals surface area contributed by atoms with Crippen LogP contribution in [0.15, 0.2) is 24.4 Å². The number of piperidine rings is 1. The van der Waals surface area contributed by atoms with Crippen LogP contribution in [0.4, 0.5) is 5.82 Å². The highest BCUT2D eigenvalue weighted by Crippen LogP contribution is 2.21. The van der Waals surface area contributed by atoms with Gasteiger partial charge in [0.25, 0.3) is 0 Å². The van der Waals surface area contributed by atoms with E-state index in [4.69, 9.17) is 0 Å². The standard InChI is InChI=1S/C19H30N4O/c1-2-17-7-4-6-11-23(17)19(24)15-22-12-9-16(14-22)13-21-18-8-3-5-10-20-18/h3,5,8,10,16-17H,2,4,6-7,9,11-15H2,1H3,(H,20,21)/t16-,17-/m1/s1. The summed E-state index contributed by atoms with van der Waals surface area (Å²) < 4.78 is 0. The van der Waals surface area contributed by atoms with Gasteiger partial charge in [0.05, 0.1) is 6.54 Å². The molecule has 2 saturated heterocycles. The van der Waals surface area contributed by atoms with Gasteiger partial charge in [0.1, 0.15) is 5.82 Å². The molecule has 0 radical (unpaired) electrons. The van der Waals surface area contributed by atoms with Gasteiger partial charge in [-0.15, -0.1) is 0 Å². The summed E-state index contributed by atoms with van der Waals surface area (Å²) in [6, 6.07) is 6.39. The van der Waals surface area contributed by atoms with E-state index in [1.54, 1.807) is 0 Å². The zero-order chi connectivity index (χ0) is 16.8. The van der Waals surface area contributed by atoms with Gasteiger partial charge < -0.3 is 10.2 Å². The molecule has 1 N–H and O–H groups in total. The molecule has 0 bridgehead atoms. The first-order valence-electron chi connectivity index (χ1n) is 9.43. The summed E-state index contributed by atoms with van der Waals surface area (Å²) in [5.41, 5.74) is 0.